The second kappa shape index (κ2) is 9.64. The Bertz CT molecular complexity index is 1020. The lowest BCUT2D eigenvalue weighted by atomic mass is 10.1. The van der Waals surface area contributed by atoms with E-state index in [2.05, 4.69) is 5.16 Å². The number of likely N-dealkylation sites (N-methyl/N-ethyl adjacent to an activating group) is 1. The van der Waals surface area contributed by atoms with Gasteiger partial charge in [-0.15, -0.1) is 0 Å². The van der Waals surface area contributed by atoms with Gasteiger partial charge in [-0.3, -0.25) is 14.9 Å². The Kier molecular flexibility index (Phi) is 6.74. The second-order valence-electron chi connectivity index (χ2n) is 6.62. The Morgan fingerprint density at radius 2 is 2.00 bits per heavy atom. The van der Waals surface area contributed by atoms with Gasteiger partial charge in [-0.25, -0.2) is 0 Å². The van der Waals surface area contributed by atoms with Crippen LogP contribution in [-0.4, -0.2) is 41.1 Å². The summed E-state index contributed by atoms with van der Waals surface area (Å²) in [5, 5.41) is 14.7. The average Bonchev–Trinajstić information content (AvgIpc) is 3.21. The van der Waals surface area contributed by atoms with Crippen molar-refractivity contribution in [2.45, 2.75) is 12.8 Å². The number of aryl methyl sites for hydroxylation is 1. The number of nitro benzene ring substituents is 1. The summed E-state index contributed by atoms with van der Waals surface area (Å²) in [6.07, 6.45) is 1.28. The van der Waals surface area contributed by atoms with E-state index in [1.54, 1.807) is 7.05 Å². The molecule has 3 aromatic rings. The highest BCUT2D eigenvalue weighted by atomic mass is 19.1. The van der Waals surface area contributed by atoms with Crippen LogP contribution in [0.25, 0.3) is 11.3 Å². The Labute approximate surface area is 172 Å². The number of carbonyl (C=O) groups excluding carboxylic acids is 1. The van der Waals surface area contributed by atoms with E-state index < -0.39 is 16.4 Å². The van der Waals surface area contributed by atoms with E-state index in [9.17, 15) is 19.3 Å². The van der Waals surface area contributed by atoms with Gasteiger partial charge in [-0.1, -0.05) is 35.5 Å². The van der Waals surface area contributed by atoms with Crippen molar-refractivity contribution in [1.29, 1.82) is 0 Å². The van der Waals surface area contributed by atoms with E-state index in [-0.39, 0.29) is 18.3 Å². The molecule has 0 saturated heterocycles. The number of hydrogen-bond donors (Lipinski definition) is 0. The van der Waals surface area contributed by atoms with Gasteiger partial charge in [0.1, 0.15) is 17.2 Å². The highest BCUT2D eigenvalue weighted by Crippen LogP contribution is 2.22. The molecule has 30 heavy (non-hydrogen) atoms. The van der Waals surface area contributed by atoms with Crippen molar-refractivity contribution in [2.75, 3.05) is 20.2 Å². The van der Waals surface area contributed by atoms with E-state index in [1.165, 1.54) is 11.0 Å². The molecule has 0 bridgehead atoms. The van der Waals surface area contributed by atoms with Gasteiger partial charge in [0.15, 0.2) is 6.61 Å². The van der Waals surface area contributed by atoms with E-state index >= 15 is 0 Å². The predicted molar refractivity (Wildman–Crippen MR) is 106 cm³/mol. The van der Waals surface area contributed by atoms with Crippen molar-refractivity contribution >= 4 is 11.6 Å². The van der Waals surface area contributed by atoms with Gasteiger partial charge in [0, 0.05) is 43.8 Å². The van der Waals surface area contributed by atoms with Gasteiger partial charge < -0.3 is 14.2 Å². The Hall–Kier alpha value is -3.75. The molecule has 0 fully saturated rings. The number of halogens is 1. The van der Waals surface area contributed by atoms with Gasteiger partial charge in [0.2, 0.25) is 5.82 Å². The standard InChI is InChI=1S/C21H20FN3O5/c1-24(21(26)14-29-16-9-10-20(25(27)28)18(22)12-16)11-5-8-17-13-19(23-30-17)15-6-3-2-4-7-15/h2-4,6-7,9-10,12-13H,5,8,11,14H2,1H3. The minimum atomic E-state index is -1.01. The van der Waals surface area contributed by atoms with E-state index in [1.807, 2.05) is 36.4 Å². The third-order valence-electron chi connectivity index (χ3n) is 4.45. The van der Waals surface area contributed by atoms with Crippen molar-refractivity contribution in [3.8, 4) is 17.0 Å². The third-order valence-corrected chi connectivity index (χ3v) is 4.45. The summed E-state index contributed by atoms with van der Waals surface area (Å²) in [6, 6.07) is 14.7. The van der Waals surface area contributed by atoms with Crippen LogP contribution in [0, 0.1) is 15.9 Å². The van der Waals surface area contributed by atoms with Crippen molar-refractivity contribution in [3.63, 3.8) is 0 Å². The van der Waals surface area contributed by atoms with Gasteiger partial charge in [-0.2, -0.15) is 4.39 Å². The number of ether oxygens (including phenoxy) is 1. The van der Waals surface area contributed by atoms with Gasteiger partial charge in [-0.05, 0) is 12.5 Å². The summed E-state index contributed by atoms with van der Waals surface area (Å²) >= 11 is 0. The highest BCUT2D eigenvalue weighted by Gasteiger charge is 2.16. The average molecular weight is 413 g/mol. The molecule has 0 spiro atoms. The van der Waals surface area contributed by atoms with Crippen LogP contribution in [0.5, 0.6) is 5.75 Å². The number of nitrogens with zero attached hydrogens (tertiary/aromatic N) is 3. The minimum Gasteiger partial charge on any atom is -0.484 e. The van der Waals surface area contributed by atoms with Crippen LogP contribution in [0.3, 0.4) is 0 Å². The molecule has 0 aliphatic rings. The molecule has 0 aliphatic carbocycles. The minimum absolute atomic E-state index is 0.0509. The fraction of sp³-hybridized carbons (Fsp3) is 0.238. The van der Waals surface area contributed by atoms with Gasteiger partial charge >= 0.3 is 5.69 Å². The van der Waals surface area contributed by atoms with Gasteiger partial charge in [0.05, 0.1) is 4.92 Å². The summed E-state index contributed by atoms with van der Waals surface area (Å²) in [5.74, 6) is -0.529. The first-order valence-corrected chi connectivity index (χ1v) is 9.26. The lowest BCUT2D eigenvalue weighted by Crippen LogP contribution is -2.32. The molecule has 8 nitrogen and oxygen atoms in total. The second-order valence-corrected chi connectivity index (χ2v) is 6.62. The molecule has 0 aliphatic heterocycles. The van der Waals surface area contributed by atoms with E-state index in [0.29, 0.717) is 19.4 Å². The molecule has 1 heterocycles. The van der Waals surface area contributed by atoms with Crippen LogP contribution in [0.4, 0.5) is 10.1 Å². The fourth-order valence-corrected chi connectivity index (χ4v) is 2.77. The zero-order valence-electron chi connectivity index (χ0n) is 16.3. The first-order valence-electron chi connectivity index (χ1n) is 9.26. The van der Waals surface area contributed by atoms with E-state index in [4.69, 9.17) is 9.26 Å². The van der Waals surface area contributed by atoms with Crippen molar-refractivity contribution in [2.24, 2.45) is 0 Å². The summed E-state index contributed by atoms with van der Waals surface area (Å²) in [7, 11) is 1.64. The molecular formula is C21H20FN3O5. The molecule has 0 unspecified atom stereocenters. The highest BCUT2D eigenvalue weighted by molar-refractivity contribution is 5.77. The summed E-state index contributed by atoms with van der Waals surface area (Å²) < 4.78 is 24.2. The Morgan fingerprint density at radius 1 is 1.23 bits per heavy atom. The maximum atomic E-state index is 13.6. The zero-order valence-corrected chi connectivity index (χ0v) is 16.3. The normalized spacial score (nSPS) is 10.6. The lowest BCUT2D eigenvalue weighted by molar-refractivity contribution is -0.387. The molecule has 2 aromatic carbocycles. The number of aromatic nitrogens is 1. The first kappa shape index (κ1) is 21.0. The lowest BCUT2D eigenvalue weighted by Gasteiger charge is -2.17. The summed E-state index contributed by atoms with van der Waals surface area (Å²) in [5.41, 5.74) is 1.09. The zero-order chi connectivity index (χ0) is 21.5. The molecule has 9 heteroatoms. The van der Waals surface area contributed by atoms with Crippen LogP contribution >= 0.6 is 0 Å². The number of rotatable bonds is 9. The molecule has 0 atom stereocenters. The quantitative estimate of drug-likeness (QED) is 0.390. The number of benzene rings is 2. The topological polar surface area (TPSA) is 98.7 Å². The first-order chi connectivity index (χ1) is 14.4. The smallest absolute Gasteiger partial charge is 0.305 e. The fourth-order valence-electron chi connectivity index (χ4n) is 2.77. The Balaban J connectivity index is 1.43. The molecule has 3 rings (SSSR count). The molecule has 1 aromatic heterocycles. The van der Waals surface area contributed by atoms with Crippen LogP contribution in [0.15, 0.2) is 59.1 Å². The maximum absolute atomic E-state index is 13.6. The van der Waals surface area contributed by atoms with Crippen LogP contribution in [0.1, 0.15) is 12.2 Å². The van der Waals surface area contributed by atoms with Crippen LogP contribution < -0.4 is 4.74 Å². The molecule has 1 amide bonds. The van der Waals surface area contributed by atoms with Gasteiger partial charge in [0.25, 0.3) is 5.91 Å². The maximum Gasteiger partial charge on any atom is 0.305 e. The number of carbonyl (C=O) groups is 1. The number of nitro groups is 1. The van der Waals surface area contributed by atoms with Crippen LogP contribution in [-0.2, 0) is 11.2 Å². The van der Waals surface area contributed by atoms with Crippen molar-refractivity contribution in [1.82, 2.24) is 10.1 Å². The van der Waals surface area contributed by atoms with E-state index in [0.717, 1.165) is 29.2 Å². The van der Waals surface area contributed by atoms with Crippen molar-refractivity contribution < 1.29 is 23.4 Å². The number of amides is 1. The summed E-state index contributed by atoms with van der Waals surface area (Å²) in [4.78, 5) is 23.5. The summed E-state index contributed by atoms with van der Waals surface area (Å²) in [6.45, 7) is 0.173. The predicted octanol–water partition coefficient (Wildman–Crippen LogP) is 3.86. The largest absolute Gasteiger partial charge is 0.484 e. The molecule has 0 radical (unpaired) electrons. The SMILES string of the molecule is CN(CCCc1cc(-c2ccccc2)no1)C(=O)COc1ccc([N+](=O)[O-])c(F)c1. The molecule has 0 saturated carbocycles. The number of hydrogen-bond acceptors (Lipinski definition) is 6. The molecule has 156 valence electrons. The van der Waals surface area contributed by atoms with Crippen molar-refractivity contribution in [3.05, 3.63) is 76.3 Å². The van der Waals surface area contributed by atoms with Crippen LogP contribution in [0.2, 0.25) is 0 Å². The monoisotopic (exact) mass is 413 g/mol. The third kappa shape index (κ3) is 5.40. The molecular weight excluding hydrogens is 393 g/mol. The Morgan fingerprint density at radius 3 is 2.70 bits per heavy atom. The molecule has 0 N–H and O–H groups in total.